The molecule has 0 atom stereocenters. The standard InChI is InChI=1S/C15H27NO3/c1-14(2,3)12-4-6-15(7-5-12,13(17)18)16-8-10-19-11-9-16/h12H,4-11H2,1-3H3,(H,17,18). The molecule has 0 aromatic carbocycles. The molecular weight excluding hydrogens is 242 g/mol. The van der Waals surface area contributed by atoms with E-state index in [4.69, 9.17) is 4.74 Å². The molecule has 0 aromatic heterocycles. The maximum atomic E-state index is 11.8. The number of carboxylic acid groups (broad SMARTS) is 1. The number of carbonyl (C=O) groups is 1. The van der Waals surface area contributed by atoms with E-state index in [-0.39, 0.29) is 5.41 Å². The van der Waals surface area contributed by atoms with Crippen molar-refractivity contribution in [1.82, 2.24) is 4.90 Å². The molecular formula is C15H27NO3. The second kappa shape index (κ2) is 5.41. The van der Waals surface area contributed by atoms with Crippen molar-refractivity contribution in [2.45, 2.75) is 52.0 Å². The van der Waals surface area contributed by atoms with Crippen LogP contribution >= 0.6 is 0 Å². The van der Waals surface area contributed by atoms with E-state index < -0.39 is 11.5 Å². The monoisotopic (exact) mass is 269 g/mol. The van der Waals surface area contributed by atoms with Gasteiger partial charge in [-0.3, -0.25) is 9.69 Å². The molecule has 0 aromatic rings. The van der Waals surface area contributed by atoms with Crippen LogP contribution in [0, 0.1) is 11.3 Å². The van der Waals surface area contributed by atoms with Gasteiger partial charge in [0, 0.05) is 13.1 Å². The summed E-state index contributed by atoms with van der Waals surface area (Å²) < 4.78 is 5.36. The van der Waals surface area contributed by atoms with Gasteiger partial charge >= 0.3 is 5.97 Å². The molecule has 0 unspecified atom stereocenters. The molecule has 1 N–H and O–H groups in total. The Morgan fingerprint density at radius 2 is 1.74 bits per heavy atom. The van der Waals surface area contributed by atoms with Gasteiger partial charge in [0.05, 0.1) is 13.2 Å². The van der Waals surface area contributed by atoms with Crippen LogP contribution in [0.3, 0.4) is 0 Å². The molecule has 1 saturated heterocycles. The molecule has 4 heteroatoms. The van der Waals surface area contributed by atoms with Crippen LogP contribution < -0.4 is 0 Å². The van der Waals surface area contributed by atoms with Crippen molar-refractivity contribution in [3.05, 3.63) is 0 Å². The van der Waals surface area contributed by atoms with Gasteiger partial charge in [0.2, 0.25) is 0 Å². The summed E-state index contributed by atoms with van der Waals surface area (Å²) in [4.78, 5) is 14.0. The Morgan fingerprint density at radius 3 is 2.16 bits per heavy atom. The number of hydrogen-bond donors (Lipinski definition) is 1. The number of hydrogen-bond acceptors (Lipinski definition) is 3. The van der Waals surface area contributed by atoms with Crippen molar-refractivity contribution < 1.29 is 14.6 Å². The molecule has 1 aliphatic heterocycles. The van der Waals surface area contributed by atoms with Crippen LogP contribution in [0.5, 0.6) is 0 Å². The smallest absolute Gasteiger partial charge is 0.324 e. The van der Waals surface area contributed by atoms with Crippen molar-refractivity contribution in [2.75, 3.05) is 26.3 Å². The number of rotatable bonds is 2. The number of carboxylic acids is 1. The van der Waals surface area contributed by atoms with Crippen LogP contribution in [0.25, 0.3) is 0 Å². The van der Waals surface area contributed by atoms with E-state index in [1.807, 2.05) is 0 Å². The maximum absolute atomic E-state index is 11.8. The third-order valence-electron chi connectivity index (χ3n) is 5.05. The first-order valence-electron chi connectivity index (χ1n) is 7.42. The van der Waals surface area contributed by atoms with Crippen LogP contribution in [-0.2, 0) is 9.53 Å². The molecule has 4 nitrogen and oxygen atoms in total. The SMILES string of the molecule is CC(C)(C)C1CCC(C(=O)O)(N2CCOCC2)CC1. The number of nitrogens with zero attached hydrogens (tertiary/aromatic N) is 1. The van der Waals surface area contributed by atoms with E-state index in [1.165, 1.54) is 0 Å². The molecule has 0 spiro atoms. The van der Waals surface area contributed by atoms with Crippen LogP contribution in [0.4, 0.5) is 0 Å². The first kappa shape index (κ1) is 14.8. The fourth-order valence-electron chi connectivity index (χ4n) is 3.62. The summed E-state index contributed by atoms with van der Waals surface area (Å²) in [5.74, 6) is 0.00257. The second-order valence-corrected chi connectivity index (χ2v) is 7.08. The van der Waals surface area contributed by atoms with E-state index in [2.05, 4.69) is 25.7 Å². The molecule has 2 aliphatic rings. The largest absolute Gasteiger partial charge is 0.480 e. The lowest BCUT2D eigenvalue weighted by Gasteiger charge is -2.48. The molecule has 19 heavy (non-hydrogen) atoms. The van der Waals surface area contributed by atoms with Crippen LogP contribution in [0.1, 0.15) is 46.5 Å². The summed E-state index contributed by atoms with van der Waals surface area (Å²) in [6, 6.07) is 0. The molecule has 2 rings (SSSR count). The van der Waals surface area contributed by atoms with E-state index in [1.54, 1.807) is 0 Å². The predicted octanol–water partition coefficient (Wildman–Crippen LogP) is 2.38. The Bertz CT molecular complexity index is 321. The molecule has 2 fully saturated rings. The summed E-state index contributed by atoms with van der Waals surface area (Å²) in [7, 11) is 0. The van der Waals surface area contributed by atoms with Gasteiger partial charge in [-0.2, -0.15) is 0 Å². The van der Waals surface area contributed by atoms with Crippen LogP contribution in [0.2, 0.25) is 0 Å². The summed E-state index contributed by atoms with van der Waals surface area (Å²) in [5.41, 5.74) is -0.346. The zero-order chi connectivity index (χ0) is 14.1. The Balaban J connectivity index is 2.09. The number of ether oxygens (including phenoxy) is 1. The quantitative estimate of drug-likeness (QED) is 0.836. The van der Waals surface area contributed by atoms with Gasteiger partial charge < -0.3 is 9.84 Å². The lowest BCUT2D eigenvalue weighted by molar-refractivity contribution is -0.159. The minimum absolute atomic E-state index is 0.287. The minimum Gasteiger partial charge on any atom is -0.480 e. The van der Waals surface area contributed by atoms with Gasteiger partial charge in [-0.1, -0.05) is 20.8 Å². The van der Waals surface area contributed by atoms with Crippen LogP contribution in [-0.4, -0.2) is 47.8 Å². The minimum atomic E-state index is -0.637. The first-order valence-corrected chi connectivity index (χ1v) is 7.42. The van der Waals surface area contributed by atoms with E-state index in [9.17, 15) is 9.90 Å². The van der Waals surface area contributed by atoms with Crippen LogP contribution in [0.15, 0.2) is 0 Å². The van der Waals surface area contributed by atoms with Gasteiger partial charge in [-0.15, -0.1) is 0 Å². The normalized spacial score (nSPS) is 34.2. The van der Waals surface area contributed by atoms with E-state index in [0.29, 0.717) is 19.1 Å². The highest BCUT2D eigenvalue weighted by molar-refractivity contribution is 5.79. The van der Waals surface area contributed by atoms with Gasteiger partial charge in [-0.25, -0.2) is 0 Å². The molecule has 0 radical (unpaired) electrons. The maximum Gasteiger partial charge on any atom is 0.324 e. The highest BCUT2D eigenvalue weighted by Gasteiger charge is 2.48. The molecule has 1 aliphatic carbocycles. The highest BCUT2D eigenvalue weighted by Crippen LogP contribution is 2.44. The van der Waals surface area contributed by atoms with Crippen molar-refractivity contribution in [2.24, 2.45) is 11.3 Å². The summed E-state index contributed by atoms with van der Waals surface area (Å²) in [6.07, 6.45) is 3.61. The van der Waals surface area contributed by atoms with Crippen molar-refractivity contribution in [3.63, 3.8) is 0 Å². The lowest BCUT2D eigenvalue weighted by atomic mass is 9.66. The van der Waals surface area contributed by atoms with E-state index in [0.717, 1.165) is 38.8 Å². The summed E-state index contributed by atoms with van der Waals surface area (Å²) in [5, 5.41) is 9.75. The zero-order valence-corrected chi connectivity index (χ0v) is 12.4. The average Bonchev–Trinajstić information content (AvgIpc) is 2.38. The third kappa shape index (κ3) is 2.95. The fourth-order valence-corrected chi connectivity index (χ4v) is 3.62. The predicted molar refractivity (Wildman–Crippen MR) is 74.2 cm³/mol. The Kier molecular flexibility index (Phi) is 4.21. The summed E-state index contributed by atoms with van der Waals surface area (Å²) >= 11 is 0. The molecule has 0 bridgehead atoms. The molecule has 110 valence electrons. The average molecular weight is 269 g/mol. The Morgan fingerprint density at radius 1 is 1.21 bits per heavy atom. The third-order valence-corrected chi connectivity index (χ3v) is 5.05. The molecule has 0 amide bonds. The van der Waals surface area contributed by atoms with Gasteiger partial charge in [0.1, 0.15) is 5.54 Å². The Labute approximate surface area is 116 Å². The van der Waals surface area contributed by atoms with Crippen molar-refractivity contribution in [3.8, 4) is 0 Å². The first-order chi connectivity index (χ1) is 8.86. The second-order valence-electron chi connectivity index (χ2n) is 7.08. The fraction of sp³-hybridized carbons (Fsp3) is 0.933. The van der Waals surface area contributed by atoms with Gasteiger partial charge in [0.15, 0.2) is 0 Å². The zero-order valence-electron chi connectivity index (χ0n) is 12.4. The van der Waals surface area contributed by atoms with Gasteiger partial charge in [-0.05, 0) is 37.0 Å². The number of aliphatic carboxylic acids is 1. The topological polar surface area (TPSA) is 49.8 Å². The Hall–Kier alpha value is -0.610. The van der Waals surface area contributed by atoms with Crippen molar-refractivity contribution in [1.29, 1.82) is 0 Å². The lowest BCUT2D eigenvalue weighted by Crippen LogP contribution is -2.60. The van der Waals surface area contributed by atoms with Crippen molar-refractivity contribution >= 4 is 5.97 Å². The molecule has 1 heterocycles. The number of morpholine rings is 1. The van der Waals surface area contributed by atoms with Gasteiger partial charge in [0.25, 0.3) is 0 Å². The highest BCUT2D eigenvalue weighted by atomic mass is 16.5. The molecule has 1 saturated carbocycles. The summed E-state index contributed by atoms with van der Waals surface area (Å²) in [6.45, 7) is 9.63. The van der Waals surface area contributed by atoms with E-state index >= 15 is 0 Å².